The van der Waals surface area contributed by atoms with Crippen LogP contribution in [0, 0.1) is 0 Å². The first-order valence-corrected chi connectivity index (χ1v) is 4.82. The molecule has 0 unspecified atom stereocenters. The summed E-state index contributed by atoms with van der Waals surface area (Å²) >= 11 is 0. The summed E-state index contributed by atoms with van der Waals surface area (Å²) in [6, 6.07) is 5.10. The van der Waals surface area contributed by atoms with Crippen LogP contribution in [0.2, 0.25) is 0 Å². The molecule has 0 bridgehead atoms. The lowest BCUT2D eigenvalue weighted by Crippen LogP contribution is -1.96. The van der Waals surface area contributed by atoms with Crippen molar-refractivity contribution in [3.63, 3.8) is 0 Å². The highest BCUT2D eigenvalue weighted by atomic mass is 16.4. The molecular weight excluding hydrogens is 192 g/mol. The Morgan fingerprint density at radius 1 is 1.53 bits per heavy atom. The number of fused-ring (bicyclic) bond motifs is 1. The molecular formula is C11H12N2O2. The number of hydrogen-bond acceptors (Lipinski definition) is 2. The number of carboxylic acids is 1. The lowest BCUT2D eigenvalue weighted by atomic mass is 10.1. The predicted octanol–water partition coefficient (Wildman–Crippen LogP) is 1.83. The molecule has 1 aromatic carbocycles. The third-order valence-corrected chi connectivity index (χ3v) is 2.51. The quantitative estimate of drug-likeness (QED) is 0.812. The van der Waals surface area contributed by atoms with E-state index in [1.54, 1.807) is 16.8 Å². The van der Waals surface area contributed by atoms with Crippen LogP contribution >= 0.6 is 0 Å². The van der Waals surface area contributed by atoms with Gasteiger partial charge in [-0.2, -0.15) is 5.10 Å². The Balaban J connectivity index is 2.72. The molecule has 4 nitrogen and oxygen atoms in total. The van der Waals surface area contributed by atoms with Crippen LogP contribution in [-0.4, -0.2) is 20.9 Å². The molecule has 4 heteroatoms. The van der Waals surface area contributed by atoms with Crippen molar-refractivity contribution in [2.75, 3.05) is 0 Å². The van der Waals surface area contributed by atoms with Crippen molar-refractivity contribution in [2.45, 2.75) is 13.3 Å². The van der Waals surface area contributed by atoms with E-state index in [0.717, 1.165) is 23.0 Å². The number of aromatic carboxylic acids is 1. The van der Waals surface area contributed by atoms with Crippen LogP contribution < -0.4 is 0 Å². The second-order valence-corrected chi connectivity index (χ2v) is 3.46. The van der Waals surface area contributed by atoms with Crippen LogP contribution in [0.15, 0.2) is 18.2 Å². The van der Waals surface area contributed by atoms with Crippen molar-refractivity contribution in [3.05, 3.63) is 29.5 Å². The summed E-state index contributed by atoms with van der Waals surface area (Å²) in [5, 5.41) is 14.2. The van der Waals surface area contributed by atoms with Gasteiger partial charge in [-0.3, -0.25) is 4.68 Å². The molecule has 2 rings (SSSR count). The molecule has 0 amide bonds. The van der Waals surface area contributed by atoms with E-state index in [4.69, 9.17) is 5.11 Å². The first kappa shape index (κ1) is 9.71. The SMILES string of the molecule is CCc1nn(C)c2cc(C(=O)O)ccc12. The van der Waals surface area contributed by atoms with Crippen molar-refractivity contribution in [1.82, 2.24) is 9.78 Å². The van der Waals surface area contributed by atoms with E-state index < -0.39 is 5.97 Å². The van der Waals surface area contributed by atoms with Gasteiger partial charge in [-0.15, -0.1) is 0 Å². The van der Waals surface area contributed by atoms with Crippen molar-refractivity contribution < 1.29 is 9.90 Å². The summed E-state index contributed by atoms with van der Waals surface area (Å²) in [6.07, 6.45) is 0.851. The van der Waals surface area contributed by atoms with Gasteiger partial charge in [0, 0.05) is 12.4 Å². The maximum absolute atomic E-state index is 10.8. The van der Waals surface area contributed by atoms with Crippen LogP contribution in [0.3, 0.4) is 0 Å². The number of hydrogen-bond donors (Lipinski definition) is 1. The summed E-state index contributed by atoms with van der Waals surface area (Å²) in [7, 11) is 1.83. The van der Waals surface area contributed by atoms with Crippen LogP contribution in [0.25, 0.3) is 10.9 Å². The molecule has 15 heavy (non-hydrogen) atoms. The summed E-state index contributed by atoms with van der Waals surface area (Å²) < 4.78 is 1.72. The third-order valence-electron chi connectivity index (χ3n) is 2.51. The van der Waals surface area contributed by atoms with E-state index in [1.165, 1.54) is 0 Å². The van der Waals surface area contributed by atoms with Gasteiger partial charge in [-0.25, -0.2) is 4.79 Å². The van der Waals surface area contributed by atoms with E-state index >= 15 is 0 Å². The van der Waals surface area contributed by atoms with Crippen LogP contribution in [-0.2, 0) is 13.5 Å². The fourth-order valence-corrected chi connectivity index (χ4v) is 1.73. The second kappa shape index (κ2) is 3.38. The van der Waals surface area contributed by atoms with Crippen molar-refractivity contribution in [2.24, 2.45) is 7.05 Å². The van der Waals surface area contributed by atoms with Gasteiger partial charge >= 0.3 is 5.97 Å². The Morgan fingerprint density at radius 3 is 2.87 bits per heavy atom. The Kier molecular flexibility index (Phi) is 2.19. The molecule has 1 aromatic heterocycles. The van der Waals surface area contributed by atoms with Gasteiger partial charge in [-0.05, 0) is 18.6 Å². The first-order chi connectivity index (χ1) is 7.13. The summed E-state index contributed by atoms with van der Waals surface area (Å²) in [6.45, 7) is 2.03. The maximum Gasteiger partial charge on any atom is 0.335 e. The van der Waals surface area contributed by atoms with E-state index in [9.17, 15) is 4.79 Å². The molecule has 0 radical (unpaired) electrons. The molecule has 1 heterocycles. The Bertz CT molecular complexity index is 529. The van der Waals surface area contributed by atoms with Crippen molar-refractivity contribution in [1.29, 1.82) is 0 Å². The number of nitrogens with zero attached hydrogens (tertiary/aromatic N) is 2. The fraction of sp³-hybridized carbons (Fsp3) is 0.273. The number of rotatable bonds is 2. The fourth-order valence-electron chi connectivity index (χ4n) is 1.73. The lowest BCUT2D eigenvalue weighted by Gasteiger charge is -1.96. The lowest BCUT2D eigenvalue weighted by molar-refractivity contribution is 0.0697. The highest BCUT2D eigenvalue weighted by Gasteiger charge is 2.09. The summed E-state index contributed by atoms with van der Waals surface area (Å²) in [4.78, 5) is 10.8. The van der Waals surface area contributed by atoms with E-state index in [1.807, 2.05) is 20.0 Å². The standard InChI is InChI=1S/C11H12N2O2/c1-3-9-8-5-4-7(11(14)15)6-10(8)13(2)12-9/h4-6H,3H2,1-2H3,(H,14,15). The summed E-state index contributed by atoms with van der Waals surface area (Å²) in [5.74, 6) is -0.906. The minimum atomic E-state index is -0.906. The molecule has 0 aliphatic carbocycles. The number of aryl methyl sites for hydroxylation is 2. The number of carboxylic acid groups (broad SMARTS) is 1. The largest absolute Gasteiger partial charge is 0.478 e. The molecule has 0 fully saturated rings. The van der Waals surface area contributed by atoms with Crippen LogP contribution in [0.1, 0.15) is 23.0 Å². The van der Waals surface area contributed by atoms with E-state index in [0.29, 0.717) is 5.56 Å². The van der Waals surface area contributed by atoms with Crippen LogP contribution in [0.5, 0.6) is 0 Å². The van der Waals surface area contributed by atoms with E-state index in [-0.39, 0.29) is 0 Å². The van der Waals surface area contributed by atoms with Gasteiger partial charge in [0.15, 0.2) is 0 Å². The second-order valence-electron chi connectivity index (χ2n) is 3.46. The van der Waals surface area contributed by atoms with Gasteiger partial charge in [0.2, 0.25) is 0 Å². The molecule has 0 aliphatic rings. The van der Waals surface area contributed by atoms with Gasteiger partial charge in [-0.1, -0.05) is 13.0 Å². The Labute approximate surface area is 87.1 Å². The summed E-state index contributed by atoms with van der Waals surface area (Å²) in [5.41, 5.74) is 2.17. The third kappa shape index (κ3) is 1.48. The number of aromatic nitrogens is 2. The zero-order valence-electron chi connectivity index (χ0n) is 8.69. The maximum atomic E-state index is 10.8. The minimum Gasteiger partial charge on any atom is -0.478 e. The molecule has 0 atom stereocenters. The van der Waals surface area contributed by atoms with Gasteiger partial charge in [0.1, 0.15) is 0 Å². The van der Waals surface area contributed by atoms with Gasteiger partial charge in [0.25, 0.3) is 0 Å². The Hall–Kier alpha value is -1.84. The van der Waals surface area contributed by atoms with Gasteiger partial charge in [0.05, 0.1) is 16.8 Å². The molecule has 2 aromatic rings. The minimum absolute atomic E-state index is 0.299. The zero-order chi connectivity index (χ0) is 11.0. The normalized spacial score (nSPS) is 10.8. The van der Waals surface area contributed by atoms with Crippen LogP contribution in [0.4, 0.5) is 0 Å². The molecule has 0 saturated carbocycles. The highest BCUT2D eigenvalue weighted by molar-refractivity contribution is 5.93. The highest BCUT2D eigenvalue weighted by Crippen LogP contribution is 2.19. The number of benzene rings is 1. The molecule has 1 N–H and O–H groups in total. The molecule has 0 aliphatic heterocycles. The van der Waals surface area contributed by atoms with E-state index in [2.05, 4.69) is 5.10 Å². The average Bonchev–Trinajstić information content (AvgIpc) is 2.55. The molecule has 0 saturated heterocycles. The predicted molar refractivity (Wildman–Crippen MR) is 57.1 cm³/mol. The molecule has 78 valence electrons. The molecule has 0 spiro atoms. The smallest absolute Gasteiger partial charge is 0.335 e. The first-order valence-electron chi connectivity index (χ1n) is 4.82. The van der Waals surface area contributed by atoms with Crippen molar-refractivity contribution >= 4 is 16.9 Å². The zero-order valence-corrected chi connectivity index (χ0v) is 8.69. The van der Waals surface area contributed by atoms with Gasteiger partial charge < -0.3 is 5.11 Å². The average molecular weight is 204 g/mol. The number of carbonyl (C=O) groups is 1. The topological polar surface area (TPSA) is 55.1 Å². The monoisotopic (exact) mass is 204 g/mol. The van der Waals surface area contributed by atoms with Crippen molar-refractivity contribution in [3.8, 4) is 0 Å². The Morgan fingerprint density at radius 2 is 2.27 bits per heavy atom.